The van der Waals surface area contributed by atoms with E-state index in [4.69, 9.17) is 20.9 Å². The molecule has 8 nitrogen and oxygen atoms in total. The van der Waals surface area contributed by atoms with Crippen molar-refractivity contribution in [1.29, 1.82) is 0 Å². The van der Waals surface area contributed by atoms with Crippen LogP contribution in [0.2, 0.25) is 0 Å². The summed E-state index contributed by atoms with van der Waals surface area (Å²) in [5, 5.41) is 19.5. The Labute approximate surface area is 138 Å². The number of rotatable bonds is 5. The molecule has 0 aromatic heterocycles. The van der Waals surface area contributed by atoms with Crippen LogP contribution in [0.5, 0.6) is 0 Å². The van der Waals surface area contributed by atoms with E-state index in [1.54, 1.807) is 30.3 Å². The molecule has 128 valence electrons. The van der Waals surface area contributed by atoms with Crippen LogP contribution in [0.1, 0.15) is 5.56 Å². The molecule has 1 aliphatic carbocycles. The SMILES string of the molecule is COC1=CC(c2ccccc2)=C(OC)C(C(=O)O)(C(=O)O)C1(N)N. The number of nitrogens with two attached hydrogens (primary N) is 2. The molecule has 0 atom stereocenters. The van der Waals surface area contributed by atoms with Gasteiger partial charge in [0.1, 0.15) is 11.5 Å². The molecule has 2 rings (SSSR count). The van der Waals surface area contributed by atoms with Crippen LogP contribution in [-0.4, -0.2) is 42.0 Å². The summed E-state index contributed by atoms with van der Waals surface area (Å²) in [6.45, 7) is 0. The molecule has 6 N–H and O–H groups in total. The second-order valence-corrected chi connectivity index (χ2v) is 5.25. The summed E-state index contributed by atoms with van der Waals surface area (Å²) in [7, 11) is 2.40. The normalized spacial score (nSPS) is 18.6. The smallest absolute Gasteiger partial charge is 0.332 e. The van der Waals surface area contributed by atoms with E-state index in [2.05, 4.69) is 0 Å². The zero-order chi connectivity index (χ0) is 18.1. The van der Waals surface area contributed by atoms with Gasteiger partial charge in [-0.15, -0.1) is 0 Å². The standard InChI is InChI=1S/C16H18N2O6/c1-23-11-8-10(9-6-4-3-5-7-9)12(24-2)15(13(19)20,14(21)22)16(11,17)18/h3-8H,17-18H2,1-2H3,(H,19,20)(H,21,22). The first kappa shape index (κ1) is 17.5. The predicted molar refractivity (Wildman–Crippen MR) is 84.3 cm³/mol. The first-order chi connectivity index (χ1) is 11.2. The van der Waals surface area contributed by atoms with Gasteiger partial charge in [0.2, 0.25) is 0 Å². The van der Waals surface area contributed by atoms with E-state index in [1.807, 2.05) is 0 Å². The summed E-state index contributed by atoms with van der Waals surface area (Å²) in [5.41, 5.74) is 7.49. The number of aliphatic carboxylic acids is 2. The molecule has 0 heterocycles. The molecule has 0 fully saturated rings. The zero-order valence-corrected chi connectivity index (χ0v) is 13.1. The number of methoxy groups -OCH3 is 2. The number of carboxylic acid groups (broad SMARTS) is 2. The van der Waals surface area contributed by atoms with Crippen LogP contribution < -0.4 is 11.5 Å². The van der Waals surface area contributed by atoms with Gasteiger partial charge in [-0.05, 0) is 11.6 Å². The molecule has 0 unspecified atom stereocenters. The molecular weight excluding hydrogens is 316 g/mol. The lowest BCUT2D eigenvalue weighted by atomic mass is 9.67. The molecule has 0 saturated heterocycles. The van der Waals surface area contributed by atoms with E-state index in [-0.39, 0.29) is 17.1 Å². The molecule has 8 heteroatoms. The molecule has 1 aromatic carbocycles. The van der Waals surface area contributed by atoms with Crippen LogP contribution in [0.25, 0.3) is 5.57 Å². The van der Waals surface area contributed by atoms with E-state index in [1.165, 1.54) is 20.3 Å². The molecule has 1 aliphatic rings. The van der Waals surface area contributed by atoms with Crippen molar-refractivity contribution in [2.24, 2.45) is 16.9 Å². The van der Waals surface area contributed by atoms with Crippen molar-refractivity contribution in [3.63, 3.8) is 0 Å². The zero-order valence-electron chi connectivity index (χ0n) is 13.1. The molecule has 0 bridgehead atoms. The Kier molecular flexibility index (Phi) is 4.37. The molecule has 24 heavy (non-hydrogen) atoms. The molecule has 1 aromatic rings. The maximum Gasteiger partial charge on any atom is 0.332 e. The van der Waals surface area contributed by atoms with Crippen LogP contribution in [0.4, 0.5) is 0 Å². The molecule has 0 radical (unpaired) electrons. The monoisotopic (exact) mass is 334 g/mol. The summed E-state index contributed by atoms with van der Waals surface area (Å²) < 4.78 is 10.3. The fraction of sp³-hybridized carbons (Fsp3) is 0.250. The number of hydrogen-bond donors (Lipinski definition) is 4. The first-order valence-corrected chi connectivity index (χ1v) is 6.90. The summed E-state index contributed by atoms with van der Waals surface area (Å²) >= 11 is 0. The topological polar surface area (TPSA) is 145 Å². The summed E-state index contributed by atoms with van der Waals surface area (Å²) in [6.07, 6.45) is 1.39. The van der Waals surface area contributed by atoms with Crippen LogP contribution in [0.3, 0.4) is 0 Å². The van der Waals surface area contributed by atoms with E-state index >= 15 is 0 Å². The second kappa shape index (κ2) is 5.99. The molecule has 0 saturated carbocycles. The maximum atomic E-state index is 12.0. The Hall–Kier alpha value is -2.84. The van der Waals surface area contributed by atoms with Crippen molar-refractivity contribution >= 4 is 17.5 Å². The minimum absolute atomic E-state index is 0.188. The predicted octanol–water partition coefficient (Wildman–Crippen LogP) is 0.357. The lowest BCUT2D eigenvalue weighted by Crippen LogP contribution is -2.71. The van der Waals surface area contributed by atoms with Gasteiger partial charge in [-0.3, -0.25) is 9.59 Å². The Morgan fingerprint density at radius 1 is 1.00 bits per heavy atom. The number of benzene rings is 1. The maximum absolute atomic E-state index is 12.0. The van der Waals surface area contributed by atoms with Crippen molar-refractivity contribution in [3.05, 3.63) is 53.5 Å². The van der Waals surface area contributed by atoms with Gasteiger partial charge in [-0.2, -0.15) is 0 Å². The summed E-state index contributed by atoms with van der Waals surface area (Å²) in [6, 6.07) is 8.54. The Morgan fingerprint density at radius 2 is 1.54 bits per heavy atom. The number of ether oxygens (including phenoxy) is 2. The molecular formula is C16H18N2O6. The summed E-state index contributed by atoms with van der Waals surface area (Å²) in [4.78, 5) is 24.0. The highest BCUT2D eigenvalue weighted by Gasteiger charge is 2.68. The number of allylic oxidation sites excluding steroid dienone is 2. The first-order valence-electron chi connectivity index (χ1n) is 6.90. The second-order valence-electron chi connectivity index (χ2n) is 5.25. The van der Waals surface area contributed by atoms with Crippen molar-refractivity contribution in [3.8, 4) is 0 Å². The van der Waals surface area contributed by atoms with Crippen molar-refractivity contribution in [2.45, 2.75) is 5.66 Å². The van der Waals surface area contributed by atoms with Crippen LogP contribution in [-0.2, 0) is 19.1 Å². The molecule has 0 aliphatic heterocycles. The Morgan fingerprint density at radius 3 is 1.96 bits per heavy atom. The van der Waals surface area contributed by atoms with Gasteiger partial charge in [-0.25, -0.2) is 0 Å². The summed E-state index contributed by atoms with van der Waals surface area (Å²) in [5.74, 6) is -4.08. The third kappa shape index (κ3) is 2.15. The third-order valence-corrected chi connectivity index (χ3v) is 4.04. The lowest BCUT2D eigenvalue weighted by Gasteiger charge is -2.43. The van der Waals surface area contributed by atoms with Crippen molar-refractivity contribution in [1.82, 2.24) is 0 Å². The fourth-order valence-electron chi connectivity index (χ4n) is 2.85. The average molecular weight is 334 g/mol. The average Bonchev–Trinajstić information content (AvgIpc) is 2.53. The van der Waals surface area contributed by atoms with E-state index in [0.717, 1.165) is 0 Å². The third-order valence-electron chi connectivity index (χ3n) is 4.04. The highest BCUT2D eigenvalue weighted by atomic mass is 16.5. The van der Waals surface area contributed by atoms with Gasteiger partial charge in [0.25, 0.3) is 5.41 Å². The van der Waals surface area contributed by atoms with Gasteiger partial charge in [0, 0.05) is 5.57 Å². The van der Waals surface area contributed by atoms with Gasteiger partial charge in [0.15, 0.2) is 5.66 Å². The van der Waals surface area contributed by atoms with Gasteiger partial charge >= 0.3 is 11.9 Å². The quantitative estimate of drug-likeness (QED) is 0.446. The van der Waals surface area contributed by atoms with Crippen LogP contribution >= 0.6 is 0 Å². The van der Waals surface area contributed by atoms with Gasteiger partial charge < -0.3 is 31.2 Å². The Balaban J connectivity index is 2.95. The highest BCUT2D eigenvalue weighted by Crippen LogP contribution is 2.47. The minimum atomic E-state index is -2.76. The van der Waals surface area contributed by atoms with E-state index < -0.39 is 23.0 Å². The number of carboxylic acids is 2. The van der Waals surface area contributed by atoms with Crippen molar-refractivity contribution in [2.75, 3.05) is 14.2 Å². The molecule has 0 amide bonds. The highest BCUT2D eigenvalue weighted by molar-refractivity contribution is 6.07. The van der Waals surface area contributed by atoms with Crippen LogP contribution in [0, 0.1) is 5.41 Å². The Bertz CT molecular complexity index is 722. The minimum Gasteiger partial charge on any atom is -0.498 e. The molecule has 0 spiro atoms. The van der Waals surface area contributed by atoms with Gasteiger partial charge in [0.05, 0.1) is 14.2 Å². The largest absolute Gasteiger partial charge is 0.498 e. The number of carbonyl (C=O) groups is 2. The van der Waals surface area contributed by atoms with E-state index in [9.17, 15) is 19.8 Å². The van der Waals surface area contributed by atoms with Crippen LogP contribution in [0.15, 0.2) is 47.9 Å². The lowest BCUT2D eigenvalue weighted by molar-refractivity contribution is -0.169. The number of hydrogen-bond acceptors (Lipinski definition) is 6. The fourth-order valence-corrected chi connectivity index (χ4v) is 2.85. The van der Waals surface area contributed by atoms with Gasteiger partial charge in [-0.1, -0.05) is 30.3 Å². The van der Waals surface area contributed by atoms with E-state index in [0.29, 0.717) is 5.56 Å². The van der Waals surface area contributed by atoms with Crippen molar-refractivity contribution < 1.29 is 29.3 Å².